The average molecular weight is 336 g/mol. The molecule has 3 rings (SSSR count). The van der Waals surface area contributed by atoms with Crippen LogP contribution in [0.2, 0.25) is 0 Å². The minimum atomic E-state index is 0.436. The molecule has 108 valence electrons. The maximum absolute atomic E-state index is 4.68. The molecule has 0 spiro atoms. The van der Waals surface area contributed by atoms with E-state index >= 15 is 0 Å². The summed E-state index contributed by atoms with van der Waals surface area (Å²) in [6.45, 7) is 7.09. The van der Waals surface area contributed by atoms with Gasteiger partial charge in [0.05, 0.1) is 5.52 Å². The van der Waals surface area contributed by atoms with Crippen molar-refractivity contribution >= 4 is 27.1 Å². The fraction of sp³-hybridized carbons (Fsp3) is 0.625. The summed E-state index contributed by atoms with van der Waals surface area (Å²) in [5.74, 6) is 2.54. The number of nitrogens with one attached hydrogen (secondary N) is 1. The summed E-state index contributed by atoms with van der Waals surface area (Å²) in [7, 11) is 0. The minimum absolute atomic E-state index is 0.436. The molecule has 0 radical (unpaired) electrons. The monoisotopic (exact) mass is 335 g/mol. The molecule has 0 atom stereocenters. The van der Waals surface area contributed by atoms with Crippen LogP contribution in [0.15, 0.2) is 16.7 Å². The number of halogens is 1. The SMILES string of the molecule is CC(C)(C)C1CCC(c2nc3ncc(Br)cc3[nH]2)CC1. The number of H-pyrrole nitrogens is 1. The quantitative estimate of drug-likeness (QED) is 0.793. The standard InChI is InChI=1S/C16H22BrN3/c1-16(2,3)11-6-4-10(5-7-11)14-19-13-8-12(17)9-18-15(13)20-14/h8-11H,4-7H2,1-3H3,(H,18,19,20). The average Bonchev–Trinajstić information content (AvgIpc) is 2.80. The predicted molar refractivity (Wildman–Crippen MR) is 85.7 cm³/mol. The lowest BCUT2D eigenvalue weighted by atomic mass is 9.70. The first-order valence-electron chi connectivity index (χ1n) is 7.44. The second kappa shape index (κ2) is 5.14. The van der Waals surface area contributed by atoms with Gasteiger partial charge in [-0.25, -0.2) is 9.97 Å². The van der Waals surface area contributed by atoms with Gasteiger partial charge in [-0.2, -0.15) is 0 Å². The molecule has 0 saturated heterocycles. The summed E-state index contributed by atoms with van der Waals surface area (Å²) in [5, 5.41) is 0. The van der Waals surface area contributed by atoms with Crippen LogP contribution in [0, 0.1) is 11.3 Å². The molecule has 20 heavy (non-hydrogen) atoms. The molecular formula is C16H22BrN3. The highest BCUT2D eigenvalue weighted by Crippen LogP contribution is 2.42. The van der Waals surface area contributed by atoms with Gasteiger partial charge in [-0.3, -0.25) is 0 Å². The van der Waals surface area contributed by atoms with Gasteiger partial charge in [-0.1, -0.05) is 20.8 Å². The van der Waals surface area contributed by atoms with Gasteiger partial charge in [0.25, 0.3) is 0 Å². The zero-order valence-corrected chi connectivity index (χ0v) is 14.0. The van der Waals surface area contributed by atoms with Crippen molar-refractivity contribution in [3.63, 3.8) is 0 Å². The van der Waals surface area contributed by atoms with Crippen LogP contribution in [0.4, 0.5) is 0 Å². The van der Waals surface area contributed by atoms with E-state index in [4.69, 9.17) is 0 Å². The van der Waals surface area contributed by atoms with Crippen LogP contribution in [-0.2, 0) is 0 Å². The predicted octanol–water partition coefficient (Wildman–Crippen LogP) is 5.04. The van der Waals surface area contributed by atoms with E-state index in [1.54, 1.807) is 0 Å². The first-order valence-corrected chi connectivity index (χ1v) is 8.24. The Morgan fingerprint density at radius 2 is 1.90 bits per heavy atom. The number of hydrogen-bond donors (Lipinski definition) is 1. The van der Waals surface area contributed by atoms with E-state index in [0.29, 0.717) is 11.3 Å². The molecule has 0 amide bonds. The van der Waals surface area contributed by atoms with Gasteiger partial charge < -0.3 is 4.98 Å². The van der Waals surface area contributed by atoms with Crippen LogP contribution < -0.4 is 0 Å². The summed E-state index contributed by atoms with van der Waals surface area (Å²) < 4.78 is 0.997. The molecule has 1 fully saturated rings. The Morgan fingerprint density at radius 1 is 1.20 bits per heavy atom. The van der Waals surface area contributed by atoms with Crippen LogP contribution in [0.1, 0.15) is 58.2 Å². The second-order valence-corrected chi connectivity index (χ2v) is 7.98. The second-order valence-electron chi connectivity index (χ2n) is 7.06. The van der Waals surface area contributed by atoms with Crippen molar-refractivity contribution in [3.8, 4) is 0 Å². The lowest BCUT2D eigenvalue weighted by Gasteiger charge is -2.36. The van der Waals surface area contributed by atoms with E-state index in [0.717, 1.165) is 27.4 Å². The first-order chi connectivity index (χ1) is 9.43. The topological polar surface area (TPSA) is 41.6 Å². The van der Waals surface area contributed by atoms with Crippen molar-refractivity contribution in [2.24, 2.45) is 11.3 Å². The molecular weight excluding hydrogens is 314 g/mol. The zero-order chi connectivity index (χ0) is 14.3. The van der Waals surface area contributed by atoms with Crippen LogP contribution >= 0.6 is 15.9 Å². The van der Waals surface area contributed by atoms with Gasteiger partial charge in [0.2, 0.25) is 0 Å². The molecule has 2 heterocycles. The van der Waals surface area contributed by atoms with Crippen LogP contribution in [0.5, 0.6) is 0 Å². The molecule has 3 nitrogen and oxygen atoms in total. The van der Waals surface area contributed by atoms with E-state index in [-0.39, 0.29) is 0 Å². The highest BCUT2D eigenvalue weighted by Gasteiger charge is 2.31. The number of pyridine rings is 1. The number of fused-ring (bicyclic) bond motifs is 1. The molecule has 1 N–H and O–H groups in total. The van der Waals surface area contributed by atoms with Gasteiger partial charge in [-0.15, -0.1) is 0 Å². The van der Waals surface area contributed by atoms with E-state index in [2.05, 4.69) is 57.7 Å². The van der Waals surface area contributed by atoms with Crippen molar-refractivity contribution in [3.05, 3.63) is 22.6 Å². The molecule has 2 aromatic heterocycles. The highest BCUT2D eigenvalue weighted by atomic mass is 79.9. The maximum atomic E-state index is 4.68. The number of rotatable bonds is 1. The molecule has 0 unspecified atom stereocenters. The Kier molecular flexibility index (Phi) is 3.61. The van der Waals surface area contributed by atoms with Crippen molar-refractivity contribution < 1.29 is 0 Å². The van der Waals surface area contributed by atoms with E-state index < -0.39 is 0 Å². The van der Waals surface area contributed by atoms with Crippen molar-refractivity contribution in [2.45, 2.75) is 52.4 Å². The summed E-state index contributed by atoms with van der Waals surface area (Å²) in [4.78, 5) is 12.5. The van der Waals surface area contributed by atoms with Crippen molar-refractivity contribution in [1.29, 1.82) is 0 Å². The van der Waals surface area contributed by atoms with E-state index in [1.807, 2.05) is 6.20 Å². The first kappa shape index (κ1) is 14.1. The Balaban J connectivity index is 1.76. The van der Waals surface area contributed by atoms with Gasteiger partial charge >= 0.3 is 0 Å². The van der Waals surface area contributed by atoms with Gasteiger partial charge in [0.15, 0.2) is 5.65 Å². The van der Waals surface area contributed by atoms with Gasteiger partial charge in [-0.05, 0) is 59.0 Å². The van der Waals surface area contributed by atoms with Crippen LogP contribution in [-0.4, -0.2) is 15.0 Å². The highest BCUT2D eigenvalue weighted by molar-refractivity contribution is 9.10. The molecule has 1 aliphatic carbocycles. The largest absolute Gasteiger partial charge is 0.340 e. The lowest BCUT2D eigenvalue weighted by Crippen LogP contribution is -2.25. The normalized spacial score (nSPS) is 24.2. The molecule has 1 aliphatic rings. The number of aromatic nitrogens is 3. The van der Waals surface area contributed by atoms with Crippen LogP contribution in [0.25, 0.3) is 11.2 Å². The lowest BCUT2D eigenvalue weighted by molar-refractivity contribution is 0.167. The number of nitrogens with zero attached hydrogens (tertiary/aromatic N) is 2. The summed E-state index contributed by atoms with van der Waals surface area (Å²) in [5.41, 5.74) is 2.30. The summed E-state index contributed by atoms with van der Waals surface area (Å²) >= 11 is 3.46. The molecule has 2 aromatic rings. The maximum Gasteiger partial charge on any atom is 0.177 e. The minimum Gasteiger partial charge on any atom is -0.340 e. The Labute approximate surface area is 128 Å². The van der Waals surface area contributed by atoms with Crippen LogP contribution in [0.3, 0.4) is 0 Å². The smallest absolute Gasteiger partial charge is 0.177 e. The Hall–Kier alpha value is -0.900. The third-order valence-corrected chi connectivity index (χ3v) is 5.09. The summed E-state index contributed by atoms with van der Waals surface area (Å²) in [6.07, 6.45) is 6.90. The Bertz CT molecular complexity index is 604. The molecule has 0 aliphatic heterocycles. The molecule has 1 saturated carbocycles. The number of aromatic amines is 1. The molecule has 4 heteroatoms. The zero-order valence-electron chi connectivity index (χ0n) is 12.4. The summed E-state index contributed by atoms with van der Waals surface area (Å²) in [6, 6.07) is 2.06. The van der Waals surface area contributed by atoms with Gasteiger partial charge in [0, 0.05) is 16.6 Å². The van der Waals surface area contributed by atoms with Gasteiger partial charge in [0.1, 0.15) is 5.82 Å². The third-order valence-electron chi connectivity index (χ3n) is 4.66. The fourth-order valence-electron chi connectivity index (χ4n) is 3.32. The van der Waals surface area contributed by atoms with Crippen molar-refractivity contribution in [2.75, 3.05) is 0 Å². The third kappa shape index (κ3) is 2.76. The number of imidazole rings is 1. The molecule has 0 bridgehead atoms. The Morgan fingerprint density at radius 3 is 2.55 bits per heavy atom. The molecule has 0 aromatic carbocycles. The van der Waals surface area contributed by atoms with Crippen molar-refractivity contribution in [1.82, 2.24) is 15.0 Å². The number of hydrogen-bond acceptors (Lipinski definition) is 2. The fourth-order valence-corrected chi connectivity index (χ4v) is 3.65. The van der Waals surface area contributed by atoms with E-state index in [9.17, 15) is 0 Å². The van der Waals surface area contributed by atoms with E-state index in [1.165, 1.54) is 25.7 Å².